The molecule has 0 aliphatic rings. The van der Waals surface area contributed by atoms with Gasteiger partial charge < -0.3 is 9.84 Å². The van der Waals surface area contributed by atoms with Gasteiger partial charge in [-0.3, -0.25) is 0 Å². The second kappa shape index (κ2) is 9.07. The Hall–Kier alpha value is -2.58. The number of sulfone groups is 1. The van der Waals surface area contributed by atoms with Crippen LogP contribution in [0.15, 0.2) is 52.9 Å². The quantitative estimate of drug-likeness (QED) is 0.560. The lowest BCUT2D eigenvalue weighted by Crippen LogP contribution is -2.12. The smallest absolute Gasteiger partial charge is 0.334 e. The predicted octanol–water partition coefficient (Wildman–Crippen LogP) is 3.12. The van der Waals surface area contributed by atoms with E-state index < -0.39 is 27.4 Å². The van der Waals surface area contributed by atoms with Crippen molar-refractivity contribution in [3.05, 3.63) is 70.8 Å². The molecule has 1 N–H and O–H groups in total. The van der Waals surface area contributed by atoms with Crippen LogP contribution in [-0.4, -0.2) is 39.0 Å². The van der Waals surface area contributed by atoms with Gasteiger partial charge >= 0.3 is 5.97 Å². The van der Waals surface area contributed by atoms with Crippen LogP contribution in [0.5, 0.6) is 0 Å². The Bertz CT molecular complexity index is 996. The number of halogens is 2. The summed E-state index contributed by atoms with van der Waals surface area (Å²) in [5.74, 6) is -2.85. The molecule has 0 heterocycles. The fourth-order valence-electron chi connectivity index (χ4n) is 2.69. The Morgan fingerprint density at radius 1 is 1.04 bits per heavy atom. The van der Waals surface area contributed by atoms with Gasteiger partial charge in [-0.05, 0) is 47.9 Å². The van der Waals surface area contributed by atoms with E-state index in [1.54, 1.807) is 6.92 Å². The molecule has 2 aromatic carbocycles. The Labute approximate surface area is 162 Å². The van der Waals surface area contributed by atoms with Gasteiger partial charge in [-0.25, -0.2) is 22.0 Å². The van der Waals surface area contributed by atoms with E-state index in [4.69, 9.17) is 4.74 Å². The zero-order valence-electron chi connectivity index (χ0n) is 15.4. The van der Waals surface area contributed by atoms with Crippen molar-refractivity contribution in [3.8, 4) is 0 Å². The van der Waals surface area contributed by atoms with E-state index in [-0.39, 0.29) is 41.2 Å². The highest BCUT2D eigenvalue weighted by molar-refractivity contribution is 7.90. The first-order valence-corrected chi connectivity index (χ1v) is 10.3. The van der Waals surface area contributed by atoms with Crippen molar-refractivity contribution >= 4 is 21.4 Å². The van der Waals surface area contributed by atoms with Gasteiger partial charge in [-0.15, -0.1) is 0 Å². The van der Waals surface area contributed by atoms with E-state index in [1.807, 2.05) is 0 Å². The molecule has 0 aromatic heterocycles. The zero-order chi connectivity index (χ0) is 20.9. The number of hydrogen-bond acceptors (Lipinski definition) is 5. The molecule has 0 bridgehead atoms. The normalized spacial score (nSPS) is 12.5. The molecule has 0 spiro atoms. The van der Waals surface area contributed by atoms with Gasteiger partial charge in [-0.1, -0.05) is 18.2 Å². The highest BCUT2D eigenvalue weighted by Gasteiger charge is 2.21. The maximum Gasteiger partial charge on any atom is 0.334 e. The lowest BCUT2D eigenvalue weighted by molar-refractivity contribution is -0.138. The first kappa shape index (κ1) is 21.7. The van der Waals surface area contributed by atoms with Crippen LogP contribution in [-0.2, 0) is 19.4 Å². The minimum absolute atomic E-state index is 0.0701. The number of aliphatic hydroxyl groups excluding tert-OH is 1. The summed E-state index contributed by atoms with van der Waals surface area (Å²) in [5.41, 5.74) is 0.895. The zero-order valence-corrected chi connectivity index (χ0v) is 16.2. The second-order valence-corrected chi connectivity index (χ2v) is 7.99. The van der Waals surface area contributed by atoms with E-state index in [0.29, 0.717) is 5.56 Å². The van der Waals surface area contributed by atoms with Crippen molar-refractivity contribution in [2.45, 2.75) is 18.2 Å². The molecule has 2 aromatic rings. The number of rotatable bonds is 7. The van der Waals surface area contributed by atoms with Crippen molar-refractivity contribution in [1.29, 1.82) is 0 Å². The average Bonchev–Trinajstić information content (AvgIpc) is 2.64. The highest BCUT2D eigenvalue weighted by Crippen LogP contribution is 2.31. The van der Waals surface area contributed by atoms with E-state index in [9.17, 15) is 27.1 Å². The fourth-order valence-corrected chi connectivity index (χ4v) is 3.33. The molecule has 0 aliphatic carbocycles. The molecule has 0 saturated heterocycles. The summed E-state index contributed by atoms with van der Waals surface area (Å²) >= 11 is 0. The van der Waals surface area contributed by atoms with Crippen molar-refractivity contribution in [2.75, 3.05) is 19.5 Å². The Morgan fingerprint density at radius 3 is 2.14 bits per heavy atom. The van der Waals surface area contributed by atoms with Crippen LogP contribution in [0.4, 0.5) is 8.78 Å². The highest BCUT2D eigenvalue weighted by atomic mass is 32.2. The molecule has 5 nitrogen and oxygen atoms in total. The van der Waals surface area contributed by atoms with Crippen LogP contribution in [0.25, 0.3) is 5.57 Å². The molecule has 0 atom stereocenters. The summed E-state index contributed by atoms with van der Waals surface area (Å²) in [6.07, 6.45) is 0.977. The molecule has 28 heavy (non-hydrogen) atoms. The third-order valence-electron chi connectivity index (χ3n) is 3.96. The minimum atomic E-state index is -3.43. The summed E-state index contributed by atoms with van der Waals surface area (Å²) in [4.78, 5) is 12.5. The number of benzene rings is 2. The first-order chi connectivity index (χ1) is 13.2. The van der Waals surface area contributed by atoms with Crippen molar-refractivity contribution in [2.24, 2.45) is 0 Å². The van der Waals surface area contributed by atoms with Crippen molar-refractivity contribution < 1.29 is 31.8 Å². The van der Waals surface area contributed by atoms with E-state index in [2.05, 4.69) is 0 Å². The van der Waals surface area contributed by atoms with Crippen LogP contribution in [0.1, 0.15) is 24.5 Å². The molecule has 0 fully saturated rings. The van der Waals surface area contributed by atoms with Gasteiger partial charge in [0.15, 0.2) is 21.5 Å². The Kier molecular flexibility index (Phi) is 7.04. The minimum Gasteiger partial charge on any atom is -0.463 e. The molecule has 0 saturated carbocycles. The topological polar surface area (TPSA) is 80.7 Å². The molecule has 2 rings (SSSR count). The van der Waals surface area contributed by atoms with Gasteiger partial charge in [0, 0.05) is 24.9 Å². The largest absolute Gasteiger partial charge is 0.463 e. The summed E-state index contributed by atoms with van der Waals surface area (Å²) in [6, 6.07) is 8.80. The first-order valence-electron chi connectivity index (χ1n) is 8.46. The number of carbonyl (C=O) groups excluding carboxylic acids is 1. The number of carbonyl (C=O) groups is 1. The molecule has 0 aliphatic heterocycles. The molecule has 150 valence electrons. The summed E-state index contributed by atoms with van der Waals surface area (Å²) in [6.45, 7) is 1.33. The van der Waals surface area contributed by atoms with Crippen molar-refractivity contribution in [1.82, 2.24) is 0 Å². The Morgan fingerprint density at radius 2 is 1.64 bits per heavy atom. The van der Waals surface area contributed by atoms with Crippen molar-refractivity contribution in [3.63, 3.8) is 0 Å². The Balaban J connectivity index is 2.75. The number of hydrogen-bond donors (Lipinski definition) is 1. The molecule has 0 unspecified atom stereocenters. The number of esters is 1. The molecule has 8 heteroatoms. The third kappa shape index (κ3) is 5.02. The standard InChI is InChI=1S/C20H20F2O5S/c1-3-27-20(24)16(10-11-23)19(14-6-9-17(21)18(22)12-14)13-4-7-15(8-5-13)28(2,25)26/h4-9,12,23H,3,10-11H2,1-2H3. The van der Waals surface area contributed by atoms with E-state index in [0.717, 1.165) is 18.4 Å². The molecular weight excluding hydrogens is 390 g/mol. The molecule has 0 amide bonds. The average molecular weight is 410 g/mol. The maximum atomic E-state index is 13.8. The fraction of sp³-hybridized carbons (Fsp3) is 0.250. The van der Waals surface area contributed by atoms with E-state index >= 15 is 0 Å². The van der Waals surface area contributed by atoms with E-state index in [1.165, 1.54) is 30.3 Å². The van der Waals surface area contributed by atoms with Crippen LogP contribution >= 0.6 is 0 Å². The summed E-state index contributed by atoms with van der Waals surface area (Å²) in [5, 5.41) is 9.39. The van der Waals surface area contributed by atoms with Gasteiger partial charge in [0.25, 0.3) is 0 Å². The SMILES string of the molecule is CCOC(=O)C(CCO)=C(c1ccc(S(C)(=O)=O)cc1)c1ccc(F)c(F)c1. The lowest BCUT2D eigenvalue weighted by atomic mass is 9.91. The lowest BCUT2D eigenvalue weighted by Gasteiger charge is -2.16. The predicted molar refractivity (Wildman–Crippen MR) is 100 cm³/mol. The summed E-state index contributed by atoms with van der Waals surface area (Å²) in [7, 11) is -3.43. The monoisotopic (exact) mass is 410 g/mol. The van der Waals surface area contributed by atoms with Crippen LogP contribution < -0.4 is 0 Å². The van der Waals surface area contributed by atoms with Crippen LogP contribution in [0.3, 0.4) is 0 Å². The van der Waals surface area contributed by atoms with Gasteiger partial charge in [0.05, 0.1) is 11.5 Å². The third-order valence-corrected chi connectivity index (χ3v) is 5.09. The number of ether oxygens (including phenoxy) is 1. The van der Waals surface area contributed by atoms with Gasteiger partial charge in [-0.2, -0.15) is 0 Å². The number of aliphatic hydroxyl groups is 1. The maximum absolute atomic E-state index is 13.8. The van der Waals surface area contributed by atoms with Gasteiger partial charge in [0.2, 0.25) is 0 Å². The van der Waals surface area contributed by atoms with Gasteiger partial charge in [0.1, 0.15) is 0 Å². The van der Waals surface area contributed by atoms with Crippen LogP contribution in [0.2, 0.25) is 0 Å². The molecule has 0 radical (unpaired) electrons. The summed E-state index contributed by atoms with van der Waals surface area (Å²) < 4.78 is 55.6. The molecular formula is C20H20F2O5S. The van der Waals surface area contributed by atoms with Crippen LogP contribution in [0, 0.1) is 11.6 Å². The second-order valence-electron chi connectivity index (χ2n) is 5.97.